The first-order valence-electron chi connectivity index (χ1n) is 5.65. The molecule has 2 N–H and O–H groups in total. The van der Waals surface area contributed by atoms with Gasteiger partial charge in [-0.15, -0.1) is 0 Å². The van der Waals surface area contributed by atoms with Crippen LogP contribution < -0.4 is 5.32 Å². The zero-order valence-electron chi connectivity index (χ0n) is 9.48. The second-order valence-electron chi connectivity index (χ2n) is 3.93. The van der Waals surface area contributed by atoms with E-state index in [1.807, 2.05) is 24.3 Å². The molecule has 1 aromatic heterocycles. The molecule has 1 heterocycles. The van der Waals surface area contributed by atoms with Crippen molar-refractivity contribution in [3.63, 3.8) is 0 Å². The van der Waals surface area contributed by atoms with E-state index < -0.39 is 5.97 Å². The van der Waals surface area contributed by atoms with Gasteiger partial charge in [-0.1, -0.05) is 18.2 Å². The Morgan fingerprint density at radius 1 is 1.35 bits per heavy atom. The Morgan fingerprint density at radius 2 is 2.18 bits per heavy atom. The lowest BCUT2D eigenvalue weighted by molar-refractivity contribution is -0.137. The van der Waals surface area contributed by atoms with Gasteiger partial charge in [0.2, 0.25) is 0 Å². The molecule has 2 rings (SSSR count). The average Bonchev–Trinajstić information content (AvgIpc) is 2.72. The molecule has 0 radical (unpaired) electrons. The van der Waals surface area contributed by atoms with Crippen molar-refractivity contribution in [2.24, 2.45) is 0 Å². The van der Waals surface area contributed by atoms with Crippen LogP contribution in [0.1, 0.15) is 18.4 Å². The second-order valence-corrected chi connectivity index (χ2v) is 3.93. The molecule has 17 heavy (non-hydrogen) atoms. The van der Waals surface area contributed by atoms with E-state index in [1.165, 1.54) is 0 Å². The third-order valence-electron chi connectivity index (χ3n) is 2.62. The maximum Gasteiger partial charge on any atom is 0.303 e. The van der Waals surface area contributed by atoms with Crippen molar-refractivity contribution < 1.29 is 14.3 Å². The quantitative estimate of drug-likeness (QED) is 0.752. The summed E-state index contributed by atoms with van der Waals surface area (Å²) in [6, 6.07) is 7.87. The summed E-state index contributed by atoms with van der Waals surface area (Å²) in [5.41, 5.74) is 1.99. The Balaban J connectivity index is 1.85. The summed E-state index contributed by atoms with van der Waals surface area (Å²) in [7, 11) is 0. The molecule has 0 aliphatic carbocycles. The zero-order chi connectivity index (χ0) is 12.1. The van der Waals surface area contributed by atoms with Crippen molar-refractivity contribution in [1.29, 1.82) is 0 Å². The minimum atomic E-state index is -0.749. The lowest BCUT2D eigenvalue weighted by Crippen LogP contribution is -2.15. The van der Waals surface area contributed by atoms with Crippen molar-refractivity contribution in [2.75, 3.05) is 6.54 Å². The third kappa shape index (κ3) is 3.07. The number of benzene rings is 1. The first-order chi connectivity index (χ1) is 8.27. The van der Waals surface area contributed by atoms with E-state index in [0.29, 0.717) is 19.5 Å². The van der Waals surface area contributed by atoms with E-state index in [0.717, 1.165) is 16.5 Å². The van der Waals surface area contributed by atoms with Gasteiger partial charge >= 0.3 is 5.97 Å². The van der Waals surface area contributed by atoms with Crippen LogP contribution in [0.4, 0.5) is 0 Å². The van der Waals surface area contributed by atoms with Gasteiger partial charge in [0.1, 0.15) is 5.58 Å². The number of carboxylic acids is 1. The molecule has 4 nitrogen and oxygen atoms in total. The van der Waals surface area contributed by atoms with Crippen LogP contribution in [0, 0.1) is 0 Å². The van der Waals surface area contributed by atoms with E-state index in [1.54, 1.807) is 6.26 Å². The van der Waals surface area contributed by atoms with Crippen LogP contribution in [0.2, 0.25) is 0 Å². The third-order valence-corrected chi connectivity index (χ3v) is 2.62. The molecule has 0 unspecified atom stereocenters. The van der Waals surface area contributed by atoms with Crippen molar-refractivity contribution >= 4 is 16.9 Å². The summed E-state index contributed by atoms with van der Waals surface area (Å²) >= 11 is 0. The van der Waals surface area contributed by atoms with Crippen LogP contribution >= 0.6 is 0 Å². The van der Waals surface area contributed by atoms with E-state index in [9.17, 15) is 4.79 Å². The standard InChI is InChI=1S/C13H15NO3/c15-13(16)6-3-7-14-8-10-9-17-12-5-2-1-4-11(10)12/h1-2,4-5,9,14H,3,6-8H2,(H,15,16). The zero-order valence-corrected chi connectivity index (χ0v) is 9.48. The van der Waals surface area contributed by atoms with Gasteiger partial charge in [0.25, 0.3) is 0 Å². The highest BCUT2D eigenvalue weighted by atomic mass is 16.4. The summed E-state index contributed by atoms with van der Waals surface area (Å²) in [5, 5.41) is 12.8. The molecule has 0 atom stereocenters. The number of aliphatic carboxylic acids is 1. The van der Waals surface area contributed by atoms with Crippen LogP contribution in [0.5, 0.6) is 0 Å². The van der Waals surface area contributed by atoms with E-state index in [4.69, 9.17) is 9.52 Å². The van der Waals surface area contributed by atoms with E-state index in [-0.39, 0.29) is 6.42 Å². The highest BCUT2D eigenvalue weighted by Crippen LogP contribution is 2.20. The molecule has 0 fully saturated rings. The minimum absolute atomic E-state index is 0.207. The summed E-state index contributed by atoms with van der Waals surface area (Å²) in [6.07, 6.45) is 2.60. The minimum Gasteiger partial charge on any atom is -0.481 e. The fourth-order valence-electron chi connectivity index (χ4n) is 1.76. The normalized spacial score (nSPS) is 10.8. The highest BCUT2D eigenvalue weighted by molar-refractivity contribution is 5.80. The van der Waals surface area contributed by atoms with Crippen molar-refractivity contribution in [3.05, 3.63) is 36.1 Å². The fraction of sp³-hybridized carbons (Fsp3) is 0.308. The number of fused-ring (bicyclic) bond motifs is 1. The van der Waals surface area contributed by atoms with Gasteiger partial charge in [0.05, 0.1) is 6.26 Å². The van der Waals surface area contributed by atoms with Crippen molar-refractivity contribution in [2.45, 2.75) is 19.4 Å². The van der Waals surface area contributed by atoms with Gasteiger partial charge in [-0.05, 0) is 19.0 Å². The van der Waals surface area contributed by atoms with Crippen LogP contribution in [-0.4, -0.2) is 17.6 Å². The van der Waals surface area contributed by atoms with Crippen LogP contribution in [0.3, 0.4) is 0 Å². The molecule has 0 bridgehead atoms. The Hall–Kier alpha value is -1.81. The van der Waals surface area contributed by atoms with Crippen LogP contribution in [0.15, 0.2) is 34.9 Å². The Kier molecular flexibility index (Phi) is 3.77. The molecule has 0 aliphatic rings. The number of hydrogen-bond donors (Lipinski definition) is 2. The smallest absolute Gasteiger partial charge is 0.303 e. The first kappa shape index (κ1) is 11.7. The maximum atomic E-state index is 10.3. The van der Waals surface area contributed by atoms with E-state index >= 15 is 0 Å². The first-order valence-corrected chi connectivity index (χ1v) is 5.65. The molecule has 2 aromatic rings. The number of para-hydroxylation sites is 1. The predicted molar refractivity (Wildman–Crippen MR) is 64.8 cm³/mol. The number of carboxylic acid groups (broad SMARTS) is 1. The number of furan rings is 1. The molecule has 0 saturated carbocycles. The van der Waals surface area contributed by atoms with Gasteiger partial charge in [-0.25, -0.2) is 0 Å². The average molecular weight is 233 g/mol. The number of hydrogen-bond acceptors (Lipinski definition) is 3. The SMILES string of the molecule is O=C(O)CCCNCc1coc2ccccc12. The molecule has 1 aromatic carbocycles. The summed E-state index contributed by atoms with van der Waals surface area (Å²) in [6.45, 7) is 1.41. The summed E-state index contributed by atoms with van der Waals surface area (Å²) < 4.78 is 5.41. The lowest BCUT2D eigenvalue weighted by Gasteiger charge is -2.01. The Morgan fingerprint density at radius 3 is 3.00 bits per heavy atom. The van der Waals surface area contributed by atoms with Gasteiger partial charge in [-0.3, -0.25) is 4.79 Å². The van der Waals surface area contributed by atoms with Gasteiger partial charge < -0.3 is 14.8 Å². The van der Waals surface area contributed by atoms with Gasteiger partial charge in [0, 0.05) is 23.9 Å². The topological polar surface area (TPSA) is 62.5 Å². The Bertz CT molecular complexity index is 504. The highest BCUT2D eigenvalue weighted by Gasteiger charge is 2.04. The van der Waals surface area contributed by atoms with Crippen molar-refractivity contribution in [1.82, 2.24) is 5.32 Å². The van der Waals surface area contributed by atoms with Crippen LogP contribution in [0.25, 0.3) is 11.0 Å². The monoisotopic (exact) mass is 233 g/mol. The second kappa shape index (κ2) is 5.50. The van der Waals surface area contributed by atoms with Crippen molar-refractivity contribution in [3.8, 4) is 0 Å². The summed E-state index contributed by atoms with van der Waals surface area (Å²) in [5.74, 6) is -0.749. The fourth-order valence-corrected chi connectivity index (χ4v) is 1.76. The number of nitrogens with one attached hydrogen (secondary N) is 1. The van der Waals surface area contributed by atoms with E-state index in [2.05, 4.69) is 5.32 Å². The molecular weight excluding hydrogens is 218 g/mol. The largest absolute Gasteiger partial charge is 0.481 e. The Labute approximate surface area is 99.2 Å². The predicted octanol–water partition coefficient (Wildman–Crippen LogP) is 2.39. The lowest BCUT2D eigenvalue weighted by atomic mass is 10.2. The maximum absolute atomic E-state index is 10.3. The molecule has 0 spiro atoms. The van der Waals surface area contributed by atoms with Gasteiger partial charge in [0.15, 0.2) is 0 Å². The van der Waals surface area contributed by atoms with Crippen LogP contribution in [-0.2, 0) is 11.3 Å². The van der Waals surface area contributed by atoms with Gasteiger partial charge in [-0.2, -0.15) is 0 Å². The molecular formula is C13H15NO3. The molecule has 0 saturated heterocycles. The number of carbonyl (C=O) groups is 1. The molecule has 0 aliphatic heterocycles. The molecule has 0 amide bonds. The summed E-state index contributed by atoms with van der Waals surface area (Å²) in [4.78, 5) is 10.3. The number of rotatable bonds is 6. The molecule has 90 valence electrons. The molecule has 4 heteroatoms.